The van der Waals surface area contributed by atoms with Gasteiger partial charge in [-0.05, 0) is 112 Å². The minimum absolute atomic E-state index is 0. The van der Waals surface area contributed by atoms with Crippen LogP contribution in [-0.2, 0) is 18.9 Å². The van der Waals surface area contributed by atoms with E-state index in [4.69, 9.17) is 15.1 Å². The van der Waals surface area contributed by atoms with E-state index in [0.29, 0.717) is 0 Å². The molecule has 9 nitrogen and oxygen atoms in total. The Labute approximate surface area is 402 Å². The molecule has 10 heteroatoms. The summed E-state index contributed by atoms with van der Waals surface area (Å²) < 4.78 is 2.21. The van der Waals surface area contributed by atoms with Crippen LogP contribution >= 0.6 is 0 Å². The van der Waals surface area contributed by atoms with E-state index in [-0.39, 0.29) is 35.0 Å². The monoisotopic (exact) mass is 864 g/mol. The number of hydrogen-bond donors (Lipinski definition) is 1. The van der Waals surface area contributed by atoms with Crippen molar-refractivity contribution in [3.8, 4) is 45.0 Å². The quantitative estimate of drug-likeness (QED) is 0.137. The predicted molar refractivity (Wildman–Crippen MR) is 261 cm³/mol. The molecule has 2 aliphatic rings. The molecule has 0 spiro atoms. The minimum atomic E-state index is -0.0419. The van der Waals surface area contributed by atoms with Crippen LogP contribution in [0.5, 0.6) is 0 Å². The van der Waals surface area contributed by atoms with Gasteiger partial charge < -0.3 is 14.7 Å². The van der Waals surface area contributed by atoms with Crippen molar-refractivity contribution in [2.24, 2.45) is 7.05 Å². The number of hydrogen-bond acceptors (Lipinski definition) is 7. The number of aromatic amines is 1. The van der Waals surface area contributed by atoms with Crippen molar-refractivity contribution in [3.05, 3.63) is 181 Å². The molecule has 12 aromatic rings. The Morgan fingerprint density at radius 3 is 1.77 bits per heavy atom. The summed E-state index contributed by atoms with van der Waals surface area (Å²) in [6.45, 7) is 4.63. The first-order valence-corrected chi connectivity index (χ1v) is 21.8. The summed E-state index contributed by atoms with van der Waals surface area (Å²) in [7, 11) is 2.85. The van der Waals surface area contributed by atoms with Gasteiger partial charge in [-0.3, -0.25) is 19.9 Å². The summed E-state index contributed by atoms with van der Waals surface area (Å²) >= 11 is 0. The van der Waals surface area contributed by atoms with Crippen LogP contribution in [0, 0.1) is 0 Å². The van der Waals surface area contributed by atoms with E-state index in [1.807, 2.05) is 49.1 Å². The molecule has 2 aliphatic carbocycles. The molecule has 14 rings (SSSR count). The van der Waals surface area contributed by atoms with Gasteiger partial charge in [0.05, 0.1) is 44.1 Å². The maximum atomic E-state index is 8.25. The normalized spacial score (nSPS) is 12.9. The average Bonchev–Trinajstić information content (AvgIpc) is 4.13. The molecular weight excluding hydrogens is 824 g/mol. The Balaban J connectivity index is 0.000000139. The molecule has 1 N–H and O–H groups in total. The molecule has 6 aromatic heterocycles. The number of imidazole rings is 2. The van der Waals surface area contributed by atoms with Gasteiger partial charge >= 0.3 is 29.6 Å². The predicted octanol–water partition coefficient (Wildman–Crippen LogP) is 8.52. The van der Waals surface area contributed by atoms with Crippen LogP contribution in [0.2, 0.25) is 0 Å². The van der Waals surface area contributed by atoms with Crippen LogP contribution in [0.25, 0.3) is 111 Å². The number of fused-ring (bicyclic) bond motifs is 18. The SMILES string of the molecule is C[O-].Cn1c(-c2ccc3c(c2)C(C)(C)c2ccccc2-3)nc2c3cccnc3c3ncccc3c21.[Na+].c1ccc2c(c1)Cc1cc(-c3nc4c5cccnc5c5ncccc5c4[nH]3)ccc1-2. The fourth-order valence-electron chi connectivity index (χ4n) is 10.4. The zero-order valence-electron chi connectivity index (χ0n) is 37.3. The first kappa shape index (κ1) is 41.6. The molecule has 0 saturated heterocycles. The van der Waals surface area contributed by atoms with Gasteiger partial charge in [0.1, 0.15) is 11.6 Å². The van der Waals surface area contributed by atoms with Gasteiger partial charge in [0, 0.05) is 69.9 Å². The molecule has 0 bridgehead atoms. The number of benzene rings is 6. The maximum Gasteiger partial charge on any atom is 1.00 e. The smallest absolute Gasteiger partial charge is 0.857 e. The Kier molecular flexibility index (Phi) is 10.1. The molecule has 312 valence electrons. The number of aryl methyl sites for hydroxylation is 1. The molecule has 0 fully saturated rings. The number of nitrogens with one attached hydrogen (secondary N) is 1. The Morgan fingerprint density at radius 2 is 1.05 bits per heavy atom. The molecule has 6 aromatic carbocycles. The van der Waals surface area contributed by atoms with Gasteiger partial charge in [0.25, 0.3) is 0 Å². The Hall–Kier alpha value is -7.14. The van der Waals surface area contributed by atoms with Crippen molar-refractivity contribution in [2.75, 3.05) is 7.11 Å². The summed E-state index contributed by atoms with van der Waals surface area (Å²) in [6, 6.07) is 47.1. The zero-order chi connectivity index (χ0) is 44.0. The van der Waals surface area contributed by atoms with Gasteiger partial charge in [-0.1, -0.05) is 86.6 Å². The third-order valence-corrected chi connectivity index (χ3v) is 13.4. The van der Waals surface area contributed by atoms with Crippen molar-refractivity contribution >= 4 is 65.7 Å². The molecular formula is C56H41N8NaO. The van der Waals surface area contributed by atoms with Crippen LogP contribution in [0.15, 0.2) is 158 Å². The number of rotatable bonds is 2. The van der Waals surface area contributed by atoms with Crippen LogP contribution in [-0.4, -0.2) is 46.6 Å². The van der Waals surface area contributed by atoms with Crippen LogP contribution in [0.1, 0.15) is 36.1 Å². The topological polar surface area (TPSA) is 121 Å². The standard InChI is InChI=1S/C29H22N4.C26H16N4.CH3O.Na/c1-29(2)22-11-5-4-8-18(22)19-13-12-17(16-23(19)29)28-32-26-20-9-6-14-30-24(20)25-21(10-7-15-31-25)27(26)33(28)3;1-2-6-18-15(5-1)13-17-14-16(9-10-19(17)18)26-29-24-20-7-3-11-27-22(20)23-21(25(24)30-26)8-4-12-28-23;1-2;/h4-16H,1-3H3;1-12,14H,13H2,(H,29,30);1H3;/q;;-1;+1. The maximum absolute atomic E-state index is 8.25. The van der Waals surface area contributed by atoms with E-state index in [9.17, 15) is 0 Å². The summed E-state index contributed by atoms with van der Waals surface area (Å²) in [5, 5.41) is 12.4. The van der Waals surface area contributed by atoms with Gasteiger partial charge in [0.2, 0.25) is 0 Å². The number of H-pyrrole nitrogens is 1. The van der Waals surface area contributed by atoms with E-state index in [1.165, 1.54) is 44.5 Å². The Bertz CT molecular complexity index is 3840. The van der Waals surface area contributed by atoms with E-state index >= 15 is 0 Å². The van der Waals surface area contributed by atoms with Crippen molar-refractivity contribution in [2.45, 2.75) is 25.7 Å². The summed E-state index contributed by atoms with van der Waals surface area (Å²) in [5.74, 6) is 1.84. The minimum Gasteiger partial charge on any atom is -0.857 e. The second-order valence-corrected chi connectivity index (χ2v) is 17.2. The molecule has 66 heavy (non-hydrogen) atoms. The fraction of sp³-hybridized carbons (Fsp3) is 0.107. The van der Waals surface area contributed by atoms with Crippen molar-refractivity contribution in [3.63, 3.8) is 0 Å². The van der Waals surface area contributed by atoms with Crippen molar-refractivity contribution < 1.29 is 34.7 Å². The Morgan fingerprint density at radius 1 is 0.500 bits per heavy atom. The first-order valence-electron chi connectivity index (χ1n) is 21.8. The summed E-state index contributed by atoms with van der Waals surface area (Å²) in [6.07, 6.45) is 8.26. The zero-order valence-corrected chi connectivity index (χ0v) is 39.3. The fourth-order valence-corrected chi connectivity index (χ4v) is 10.4. The summed E-state index contributed by atoms with van der Waals surface area (Å²) in [5.41, 5.74) is 20.6. The van der Waals surface area contributed by atoms with Gasteiger partial charge in [-0.2, -0.15) is 7.11 Å². The first-order chi connectivity index (χ1) is 31.9. The number of pyridine rings is 4. The molecule has 0 unspecified atom stereocenters. The third kappa shape index (κ3) is 6.22. The van der Waals surface area contributed by atoms with E-state index < -0.39 is 0 Å². The van der Waals surface area contributed by atoms with Crippen LogP contribution < -0.4 is 34.7 Å². The second-order valence-electron chi connectivity index (χ2n) is 17.2. The molecule has 6 heterocycles. The van der Waals surface area contributed by atoms with Gasteiger partial charge in [-0.25, -0.2) is 9.97 Å². The van der Waals surface area contributed by atoms with Crippen LogP contribution in [0.4, 0.5) is 0 Å². The van der Waals surface area contributed by atoms with Crippen molar-refractivity contribution in [1.29, 1.82) is 0 Å². The van der Waals surface area contributed by atoms with E-state index in [0.717, 1.165) is 102 Å². The number of nitrogens with zero attached hydrogens (tertiary/aromatic N) is 7. The molecule has 0 aliphatic heterocycles. The van der Waals surface area contributed by atoms with Gasteiger partial charge in [-0.15, -0.1) is 0 Å². The third-order valence-electron chi connectivity index (χ3n) is 13.4. The molecule has 0 radical (unpaired) electrons. The molecule has 0 atom stereocenters. The molecule has 0 amide bonds. The van der Waals surface area contributed by atoms with Gasteiger partial charge in [0.15, 0.2) is 0 Å². The largest absolute Gasteiger partial charge is 1.00 e. The van der Waals surface area contributed by atoms with E-state index in [2.05, 4.69) is 160 Å². The van der Waals surface area contributed by atoms with Crippen LogP contribution in [0.3, 0.4) is 0 Å². The van der Waals surface area contributed by atoms with Crippen molar-refractivity contribution in [1.82, 2.24) is 39.5 Å². The number of aromatic nitrogens is 8. The second kappa shape index (κ2) is 16.1. The summed E-state index contributed by atoms with van der Waals surface area (Å²) in [4.78, 5) is 32.3. The van der Waals surface area contributed by atoms with E-state index in [1.54, 1.807) is 0 Å². The average molecular weight is 865 g/mol. The molecule has 0 saturated carbocycles.